The number of carbonyl (C=O) groups is 2. The number of anilines is 1. The lowest BCUT2D eigenvalue weighted by Crippen LogP contribution is -2.49. The summed E-state index contributed by atoms with van der Waals surface area (Å²) in [6.07, 6.45) is 1.62. The van der Waals surface area contributed by atoms with Crippen LogP contribution < -0.4 is 4.90 Å². The van der Waals surface area contributed by atoms with Crippen LogP contribution in [0.2, 0.25) is 0 Å². The van der Waals surface area contributed by atoms with Crippen LogP contribution in [0.25, 0.3) is 0 Å². The molecular formula is C15H15N5O3. The Morgan fingerprint density at radius 2 is 1.74 bits per heavy atom. The van der Waals surface area contributed by atoms with Crippen LogP contribution in [0.1, 0.15) is 21.0 Å². The summed E-state index contributed by atoms with van der Waals surface area (Å²) in [5.41, 5.74) is 0.0203. The van der Waals surface area contributed by atoms with Crippen LogP contribution >= 0.6 is 0 Å². The minimum Gasteiger partial charge on any atom is -0.477 e. The summed E-state index contributed by atoms with van der Waals surface area (Å²) in [6.45, 7) is 2.33. The first kappa shape index (κ1) is 14.9. The van der Waals surface area contributed by atoms with Crippen LogP contribution in [0.5, 0.6) is 0 Å². The first-order valence-corrected chi connectivity index (χ1v) is 7.17. The summed E-state index contributed by atoms with van der Waals surface area (Å²) in [6, 6.07) is 8.12. The molecule has 0 radical (unpaired) electrons. The van der Waals surface area contributed by atoms with Crippen molar-refractivity contribution in [2.75, 3.05) is 31.1 Å². The van der Waals surface area contributed by atoms with Gasteiger partial charge in [0.25, 0.3) is 5.91 Å². The number of hydrogen-bond donors (Lipinski definition) is 1. The lowest BCUT2D eigenvalue weighted by molar-refractivity contribution is 0.0689. The van der Waals surface area contributed by atoms with Gasteiger partial charge in [-0.25, -0.2) is 9.78 Å². The molecule has 8 heteroatoms. The molecule has 118 valence electrons. The summed E-state index contributed by atoms with van der Waals surface area (Å²) in [5, 5.41) is 16.9. The number of carbonyl (C=O) groups excluding carboxylic acids is 1. The first-order chi connectivity index (χ1) is 11.1. The molecule has 0 bridgehead atoms. The van der Waals surface area contributed by atoms with Gasteiger partial charge in [0.15, 0.2) is 5.82 Å². The minimum atomic E-state index is -1.15. The van der Waals surface area contributed by atoms with E-state index in [4.69, 9.17) is 5.11 Å². The Kier molecular flexibility index (Phi) is 4.13. The maximum atomic E-state index is 12.4. The van der Waals surface area contributed by atoms with Crippen molar-refractivity contribution >= 4 is 17.7 Å². The van der Waals surface area contributed by atoms with E-state index in [-0.39, 0.29) is 17.3 Å². The standard InChI is InChI=1S/C15H15N5O3/c21-14(11-3-1-4-12(17-11)15(22)23)20-9-7-19(8-10-20)13-5-2-6-16-18-13/h1-6H,7-10H2,(H,22,23). The molecule has 1 N–H and O–H groups in total. The van der Waals surface area contributed by atoms with Crippen molar-refractivity contribution in [1.29, 1.82) is 0 Å². The third kappa shape index (κ3) is 3.25. The molecule has 2 aromatic heterocycles. The van der Waals surface area contributed by atoms with Crippen molar-refractivity contribution < 1.29 is 14.7 Å². The highest BCUT2D eigenvalue weighted by Crippen LogP contribution is 2.13. The van der Waals surface area contributed by atoms with Gasteiger partial charge in [-0.1, -0.05) is 6.07 Å². The van der Waals surface area contributed by atoms with Crippen LogP contribution in [-0.4, -0.2) is 63.2 Å². The second-order valence-electron chi connectivity index (χ2n) is 5.07. The van der Waals surface area contributed by atoms with Gasteiger partial charge in [0, 0.05) is 32.4 Å². The molecule has 1 amide bonds. The average molecular weight is 313 g/mol. The zero-order chi connectivity index (χ0) is 16.2. The van der Waals surface area contributed by atoms with Gasteiger partial charge in [0.05, 0.1) is 0 Å². The van der Waals surface area contributed by atoms with E-state index >= 15 is 0 Å². The fourth-order valence-corrected chi connectivity index (χ4v) is 2.44. The molecule has 1 fully saturated rings. The number of amides is 1. The molecule has 23 heavy (non-hydrogen) atoms. The smallest absolute Gasteiger partial charge is 0.354 e. The Balaban J connectivity index is 1.66. The summed E-state index contributed by atoms with van der Waals surface area (Å²) < 4.78 is 0. The Hall–Kier alpha value is -3.03. The lowest BCUT2D eigenvalue weighted by Gasteiger charge is -2.34. The quantitative estimate of drug-likeness (QED) is 0.882. The summed E-state index contributed by atoms with van der Waals surface area (Å²) >= 11 is 0. The molecule has 1 aliphatic rings. The van der Waals surface area contributed by atoms with E-state index in [1.807, 2.05) is 12.1 Å². The second-order valence-corrected chi connectivity index (χ2v) is 5.07. The second kappa shape index (κ2) is 6.39. The molecule has 1 saturated heterocycles. The van der Waals surface area contributed by atoms with Gasteiger partial charge in [-0.2, -0.15) is 5.10 Å². The van der Waals surface area contributed by atoms with Gasteiger partial charge in [-0.3, -0.25) is 4.79 Å². The highest BCUT2D eigenvalue weighted by atomic mass is 16.4. The molecule has 0 unspecified atom stereocenters. The van der Waals surface area contributed by atoms with Crippen LogP contribution in [0.4, 0.5) is 5.82 Å². The van der Waals surface area contributed by atoms with Crippen molar-refractivity contribution in [3.8, 4) is 0 Å². The molecule has 3 rings (SSSR count). The Morgan fingerprint density at radius 1 is 1.00 bits per heavy atom. The highest BCUT2D eigenvalue weighted by Gasteiger charge is 2.24. The van der Waals surface area contributed by atoms with Gasteiger partial charge >= 0.3 is 5.97 Å². The third-order valence-electron chi connectivity index (χ3n) is 3.64. The molecule has 1 aliphatic heterocycles. The monoisotopic (exact) mass is 313 g/mol. The van der Waals surface area contributed by atoms with Crippen LogP contribution in [0, 0.1) is 0 Å². The van der Waals surface area contributed by atoms with E-state index in [1.54, 1.807) is 11.1 Å². The Labute approximate surface area is 132 Å². The summed E-state index contributed by atoms with van der Waals surface area (Å²) in [4.78, 5) is 31.0. The zero-order valence-electron chi connectivity index (χ0n) is 12.3. The van der Waals surface area contributed by atoms with Gasteiger partial charge in [0.1, 0.15) is 11.4 Å². The number of aromatic nitrogens is 3. The largest absolute Gasteiger partial charge is 0.477 e. The van der Waals surface area contributed by atoms with Crippen LogP contribution in [0.3, 0.4) is 0 Å². The van der Waals surface area contributed by atoms with Gasteiger partial charge in [0.2, 0.25) is 0 Å². The fourth-order valence-electron chi connectivity index (χ4n) is 2.44. The molecule has 2 aromatic rings. The van der Waals surface area contributed by atoms with E-state index in [1.165, 1.54) is 18.2 Å². The van der Waals surface area contributed by atoms with Gasteiger partial charge in [-0.05, 0) is 24.3 Å². The molecule has 0 atom stereocenters. The van der Waals surface area contributed by atoms with Crippen LogP contribution in [0.15, 0.2) is 36.5 Å². The maximum absolute atomic E-state index is 12.4. The lowest BCUT2D eigenvalue weighted by atomic mass is 10.2. The van der Waals surface area contributed by atoms with Crippen molar-refractivity contribution in [3.05, 3.63) is 47.9 Å². The third-order valence-corrected chi connectivity index (χ3v) is 3.64. The van der Waals surface area contributed by atoms with E-state index < -0.39 is 5.97 Å². The topological polar surface area (TPSA) is 99.5 Å². The van der Waals surface area contributed by atoms with Crippen molar-refractivity contribution in [2.24, 2.45) is 0 Å². The van der Waals surface area contributed by atoms with E-state index in [9.17, 15) is 9.59 Å². The summed E-state index contributed by atoms with van der Waals surface area (Å²) in [7, 11) is 0. The zero-order valence-corrected chi connectivity index (χ0v) is 12.3. The minimum absolute atomic E-state index is 0.131. The normalized spacial score (nSPS) is 14.6. The number of carboxylic acids is 1. The number of aromatic carboxylic acids is 1. The maximum Gasteiger partial charge on any atom is 0.354 e. The molecule has 8 nitrogen and oxygen atoms in total. The molecule has 3 heterocycles. The molecule has 0 aliphatic carbocycles. The number of rotatable bonds is 3. The van der Waals surface area contributed by atoms with E-state index in [0.29, 0.717) is 26.2 Å². The first-order valence-electron chi connectivity index (χ1n) is 7.17. The molecule has 0 spiro atoms. The van der Waals surface area contributed by atoms with Crippen LogP contribution in [-0.2, 0) is 0 Å². The molecule has 0 saturated carbocycles. The number of hydrogen-bond acceptors (Lipinski definition) is 6. The Bertz CT molecular complexity index is 714. The molecular weight excluding hydrogens is 298 g/mol. The van der Waals surface area contributed by atoms with E-state index in [0.717, 1.165) is 5.82 Å². The number of nitrogens with zero attached hydrogens (tertiary/aromatic N) is 5. The van der Waals surface area contributed by atoms with E-state index in [2.05, 4.69) is 20.1 Å². The fraction of sp³-hybridized carbons (Fsp3) is 0.267. The highest BCUT2D eigenvalue weighted by molar-refractivity contribution is 5.94. The number of piperazine rings is 1. The van der Waals surface area contributed by atoms with Crippen molar-refractivity contribution in [3.63, 3.8) is 0 Å². The number of pyridine rings is 1. The van der Waals surface area contributed by atoms with Crippen molar-refractivity contribution in [1.82, 2.24) is 20.1 Å². The predicted molar refractivity (Wildman–Crippen MR) is 81.3 cm³/mol. The number of carboxylic acid groups (broad SMARTS) is 1. The summed E-state index contributed by atoms with van der Waals surface area (Å²) in [5.74, 6) is -0.621. The molecule has 0 aromatic carbocycles. The predicted octanol–water partition coefficient (Wildman–Crippen LogP) is 0.532. The average Bonchev–Trinajstić information content (AvgIpc) is 2.62. The van der Waals surface area contributed by atoms with Crippen molar-refractivity contribution in [2.45, 2.75) is 0 Å². The van der Waals surface area contributed by atoms with Gasteiger partial charge < -0.3 is 14.9 Å². The Morgan fingerprint density at radius 3 is 2.39 bits per heavy atom. The SMILES string of the molecule is O=C(O)c1cccc(C(=O)N2CCN(c3cccnn3)CC2)n1. The van der Waals surface area contributed by atoms with Gasteiger partial charge in [-0.15, -0.1) is 5.10 Å².